The molecule has 0 amide bonds. The molecule has 21 heavy (non-hydrogen) atoms. The average molecular weight is 311 g/mol. The van der Waals surface area contributed by atoms with Crippen LogP contribution in [0.25, 0.3) is 0 Å². The van der Waals surface area contributed by atoms with Gasteiger partial charge in [-0.1, -0.05) is 38.8 Å². The highest BCUT2D eigenvalue weighted by Crippen LogP contribution is 2.31. The third-order valence-corrected chi connectivity index (χ3v) is 6.18. The van der Waals surface area contributed by atoms with Gasteiger partial charge in [0, 0.05) is 0 Å². The molecule has 2 N–H and O–H groups in total. The fraction of sp³-hybridized carbons (Fsp3) is 0.625. The zero-order chi connectivity index (χ0) is 15.5. The maximum absolute atomic E-state index is 12.5. The van der Waals surface area contributed by atoms with Crippen LogP contribution < -0.4 is 4.72 Å². The number of hydrogen-bond donors (Lipinski definition) is 2. The van der Waals surface area contributed by atoms with Crippen molar-refractivity contribution in [2.75, 3.05) is 6.61 Å². The number of rotatable bonds is 6. The van der Waals surface area contributed by atoms with E-state index >= 15 is 0 Å². The molecular weight excluding hydrogens is 286 g/mol. The van der Waals surface area contributed by atoms with Gasteiger partial charge in [0.15, 0.2) is 0 Å². The normalized spacial score (nSPS) is 19.6. The summed E-state index contributed by atoms with van der Waals surface area (Å²) in [6, 6.07) is 7.07. The van der Waals surface area contributed by atoms with E-state index in [9.17, 15) is 13.5 Å². The first kappa shape index (κ1) is 16.5. The lowest BCUT2D eigenvalue weighted by Gasteiger charge is -2.27. The molecule has 0 heterocycles. The number of benzene rings is 1. The Hall–Kier alpha value is -0.910. The molecule has 0 spiro atoms. The predicted molar refractivity (Wildman–Crippen MR) is 83.8 cm³/mol. The second kappa shape index (κ2) is 6.46. The van der Waals surface area contributed by atoms with Gasteiger partial charge in [0.1, 0.15) is 0 Å². The SMILES string of the molecule is CCC(C)c1ccc(S(=O)(=O)NC2(CO)CCCC2)cc1. The molecule has 0 saturated heterocycles. The van der Waals surface area contributed by atoms with E-state index in [2.05, 4.69) is 18.6 Å². The lowest BCUT2D eigenvalue weighted by Crippen LogP contribution is -2.49. The van der Waals surface area contributed by atoms with Gasteiger partial charge in [0.2, 0.25) is 10.0 Å². The van der Waals surface area contributed by atoms with Crippen molar-refractivity contribution >= 4 is 10.0 Å². The predicted octanol–water partition coefficient (Wildman–Crippen LogP) is 2.78. The quantitative estimate of drug-likeness (QED) is 0.849. The monoisotopic (exact) mass is 311 g/mol. The fourth-order valence-electron chi connectivity index (χ4n) is 2.90. The van der Waals surface area contributed by atoms with E-state index in [1.807, 2.05) is 12.1 Å². The Bertz CT molecular complexity index is 560. The van der Waals surface area contributed by atoms with E-state index in [1.54, 1.807) is 12.1 Å². The first-order valence-corrected chi connectivity index (χ1v) is 9.15. The average Bonchev–Trinajstić information content (AvgIpc) is 2.95. The maximum Gasteiger partial charge on any atom is 0.241 e. The van der Waals surface area contributed by atoms with Crippen molar-refractivity contribution in [2.24, 2.45) is 0 Å². The molecule has 1 aromatic rings. The highest BCUT2D eigenvalue weighted by atomic mass is 32.2. The number of aliphatic hydroxyl groups excluding tert-OH is 1. The van der Waals surface area contributed by atoms with E-state index in [1.165, 1.54) is 0 Å². The smallest absolute Gasteiger partial charge is 0.241 e. The van der Waals surface area contributed by atoms with Crippen molar-refractivity contribution in [1.29, 1.82) is 0 Å². The lowest BCUT2D eigenvalue weighted by atomic mass is 9.99. The van der Waals surface area contributed by atoms with Gasteiger partial charge in [-0.2, -0.15) is 0 Å². The van der Waals surface area contributed by atoms with Crippen molar-refractivity contribution in [2.45, 2.75) is 62.3 Å². The molecule has 5 heteroatoms. The van der Waals surface area contributed by atoms with Gasteiger partial charge in [0.05, 0.1) is 17.0 Å². The fourth-order valence-corrected chi connectivity index (χ4v) is 4.35. The molecule has 1 fully saturated rings. The van der Waals surface area contributed by atoms with E-state index in [4.69, 9.17) is 0 Å². The molecule has 1 aromatic carbocycles. The van der Waals surface area contributed by atoms with E-state index < -0.39 is 15.6 Å². The summed E-state index contributed by atoms with van der Waals surface area (Å²) in [6.45, 7) is 4.10. The van der Waals surface area contributed by atoms with E-state index in [-0.39, 0.29) is 11.5 Å². The lowest BCUT2D eigenvalue weighted by molar-refractivity contribution is 0.185. The molecule has 1 aliphatic rings. The Morgan fingerprint density at radius 2 is 1.81 bits per heavy atom. The minimum atomic E-state index is -3.57. The molecule has 118 valence electrons. The highest BCUT2D eigenvalue weighted by Gasteiger charge is 2.37. The summed E-state index contributed by atoms with van der Waals surface area (Å²) in [5.41, 5.74) is 0.475. The van der Waals surface area contributed by atoms with Crippen LogP contribution in [0.1, 0.15) is 57.4 Å². The minimum absolute atomic E-state index is 0.142. The molecular formula is C16H25NO3S. The highest BCUT2D eigenvalue weighted by molar-refractivity contribution is 7.89. The van der Waals surface area contributed by atoms with Crippen LogP contribution in [-0.2, 0) is 10.0 Å². The Balaban J connectivity index is 2.19. The number of sulfonamides is 1. The van der Waals surface area contributed by atoms with Crippen molar-refractivity contribution in [1.82, 2.24) is 4.72 Å². The van der Waals surface area contributed by atoms with Gasteiger partial charge in [-0.05, 0) is 42.9 Å². The molecule has 1 aliphatic carbocycles. The molecule has 0 bridgehead atoms. The summed E-state index contributed by atoms with van der Waals surface area (Å²) in [5.74, 6) is 0.424. The molecule has 2 rings (SSSR count). The van der Waals surface area contributed by atoms with E-state index in [0.717, 1.165) is 24.8 Å². The van der Waals surface area contributed by atoms with Crippen LogP contribution >= 0.6 is 0 Å². The largest absolute Gasteiger partial charge is 0.394 e. The van der Waals surface area contributed by atoms with Gasteiger partial charge in [0.25, 0.3) is 0 Å². The summed E-state index contributed by atoms with van der Waals surface area (Å²) in [5, 5.41) is 9.55. The van der Waals surface area contributed by atoms with Crippen LogP contribution in [0.15, 0.2) is 29.2 Å². The Morgan fingerprint density at radius 1 is 1.24 bits per heavy atom. The number of aliphatic hydroxyl groups is 1. The van der Waals surface area contributed by atoms with Gasteiger partial charge in [-0.3, -0.25) is 0 Å². The molecule has 0 aliphatic heterocycles. The number of nitrogens with one attached hydrogen (secondary N) is 1. The zero-order valence-electron chi connectivity index (χ0n) is 12.8. The summed E-state index contributed by atoms with van der Waals surface area (Å²) >= 11 is 0. The van der Waals surface area contributed by atoms with Crippen LogP contribution in [0, 0.1) is 0 Å². The summed E-state index contributed by atoms with van der Waals surface area (Å²) in [7, 11) is -3.57. The second-order valence-corrected chi connectivity index (χ2v) is 7.81. The van der Waals surface area contributed by atoms with Gasteiger partial charge < -0.3 is 5.11 Å². The van der Waals surface area contributed by atoms with Gasteiger partial charge in [-0.25, -0.2) is 13.1 Å². The number of hydrogen-bond acceptors (Lipinski definition) is 3. The van der Waals surface area contributed by atoms with Crippen LogP contribution in [0.2, 0.25) is 0 Å². The summed E-state index contributed by atoms with van der Waals surface area (Å²) in [4.78, 5) is 0.272. The van der Waals surface area contributed by atoms with Gasteiger partial charge >= 0.3 is 0 Å². The van der Waals surface area contributed by atoms with Crippen LogP contribution in [0.4, 0.5) is 0 Å². The molecule has 0 radical (unpaired) electrons. The van der Waals surface area contributed by atoms with Crippen molar-refractivity contribution < 1.29 is 13.5 Å². The molecule has 1 atom stereocenters. The summed E-state index contributed by atoms with van der Waals surface area (Å²) in [6.07, 6.45) is 4.34. The third-order valence-electron chi connectivity index (χ3n) is 4.59. The van der Waals surface area contributed by atoms with Crippen molar-refractivity contribution in [3.63, 3.8) is 0 Å². The van der Waals surface area contributed by atoms with Gasteiger partial charge in [-0.15, -0.1) is 0 Å². The van der Waals surface area contributed by atoms with Crippen molar-refractivity contribution in [3.05, 3.63) is 29.8 Å². The Morgan fingerprint density at radius 3 is 2.29 bits per heavy atom. The van der Waals surface area contributed by atoms with Crippen LogP contribution in [-0.4, -0.2) is 25.7 Å². The third kappa shape index (κ3) is 3.65. The maximum atomic E-state index is 12.5. The minimum Gasteiger partial charge on any atom is -0.394 e. The first-order valence-electron chi connectivity index (χ1n) is 7.67. The molecule has 4 nitrogen and oxygen atoms in total. The van der Waals surface area contributed by atoms with Crippen LogP contribution in [0.5, 0.6) is 0 Å². The standard InChI is InChI=1S/C16H25NO3S/c1-3-13(2)14-6-8-15(9-7-14)21(19,20)17-16(12-18)10-4-5-11-16/h6-9,13,17-18H,3-5,10-12H2,1-2H3. The second-order valence-electron chi connectivity index (χ2n) is 6.13. The van der Waals surface area contributed by atoms with Crippen molar-refractivity contribution in [3.8, 4) is 0 Å². The topological polar surface area (TPSA) is 66.4 Å². The Kier molecular flexibility index (Phi) is 5.07. The first-order chi connectivity index (χ1) is 9.92. The zero-order valence-corrected chi connectivity index (χ0v) is 13.6. The van der Waals surface area contributed by atoms with E-state index in [0.29, 0.717) is 18.8 Å². The Labute approximate surface area is 127 Å². The molecule has 0 aromatic heterocycles. The van der Waals surface area contributed by atoms with Crippen LogP contribution in [0.3, 0.4) is 0 Å². The summed E-state index contributed by atoms with van der Waals surface area (Å²) < 4.78 is 27.7. The molecule has 1 unspecified atom stereocenters. The molecule has 1 saturated carbocycles.